The lowest BCUT2D eigenvalue weighted by molar-refractivity contribution is -0.119. The Morgan fingerprint density at radius 1 is 1.50 bits per heavy atom. The van der Waals surface area contributed by atoms with Crippen LogP contribution in [0.5, 0.6) is 0 Å². The molecule has 0 radical (unpaired) electrons. The summed E-state index contributed by atoms with van der Waals surface area (Å²) in [6.45, 7) is 0.661. The molecular weight excluding hydrogens is 252 g/mol. The summed E-state index contributed by atoms with van der Waals surface area (Å²) in [5.41, 5.74) is 8.68. The van der Waals surface area contributed by atoms with Crippen molar-refractivity contribution in [1.82, 2.24) is 14.9 Å². The van der Waals surface area contributed by atoms with Gasteiger partial charge in [0.15, 0.2) is 0 Å². The van der Waals surface area contributed by atoms with E-state index < -0.39 is 0 Å². The fraction of sp³-hybridized carbons (Fsp3) is 0.467. The number of nitrogens with zero attached hydrogens (tertiary/aromatic N) is 2. The number of rotatable bonds is 5. The number of amides is 1. The van der Waals surface area contributed by atoms with Crippen molar-refractivity contribution < 1.29 is 4.79 Å². The topological polar surface area (TPSA) is 72.9 Å². The van der Waals surface area contributed by atoms with Gasteiger partial charge >= 0.3 is 0 Å². The van der Waals surface area contributed by atoms with Crippen molar-refractivity contribution in [3.8, 4) is 0 Å². The number of nitrogens with two attached hydrogens (primary N) is 1. The first-order chi connectivity index (χ1) is 9.69. The van der Waals surface area contributed by atoms with Crippen LogP contribution in [0.4, 0.5) is 0 Å². The third-order valence-electron chi connectivity index (χ3n) is 3.84. The lowest BCUT2D eigenvalue weighted by Gasteiger charge is -2.04. The number of imidazole rings is 1. The van der Waals surface area contributed by atoms with Crippen molar-refractivity contribution in [2.45, 2.75) is 25.2 Å². The highest BCUT2D eigenvalue weighted by atomic mass is 16.1. The van der Waals surface area contributed by atoms with E-state index in [0.29, 0.717) is 12.5 Å². The summed E-state index contributed by atoms with van der Waals surface area (Å²) in [6, 6.07) is 6.35. The molecule has 20 heavy (non-hydrogen) atoms. The van der Waals surface area contributed by atoms with Crippen molar-refractivity contribution in [3.63, 3.8) is 0 Å². The van der Waals surface area contributed by atoms with Gasteiger partial charge in [-0.15, -0.1) is 0 Å². The molecule has 5 heteroatoms. The van der Waals surface area contributed by atoms with E-state index in [-0.39, 0.29) is 12.5 Å². The molecule has 0 aliphatic heterocycles. The summed E-state index contributed by atoms with van der Waals surface area (Å²) in [6.07, 6.45) is 3.32. The van der Waals surface area contributed by atoms with E-state index in [2.05, 4.69) is 35.1 Å². The Bertz CT molecular complexity index is 643. The van der Waals surface area contributed by atoms with Gasteiger partial charge in [-0.1, -0.05) is 6.07 Å². The zero-order valence-corrected chi connectivity index (χ0v) is 11.7. The van der Waals surface area contributed by atoms with Gasteiger partial charge in [-0.2, -0.15) is 0 Å². The minimum Gasteiger partial charge on any atom is -0.355 e. The third-order valence-corrected chi connectivity index (χ3v) is 3.84. The first kappa shape index (κ1) is 13.1. The molecule has 0 atom stereocenters. The molecule has 1 aliphatic rings. The molecular formula is C15H20N4O. The maximum Gasteiger partial charge on any atom is 0.233 e. The van der Waals surface area contributed by atoms with E-state index >= 15 is 0 Å². The number of nitrogens with one attached hydrogen (secondary N) is 1. The second-order valence-corrected chi connectivity index (χ2v) is 5.43. The molecule has 1 heterocycles. The van der Waals surface area contributed by atoms with E-state index in [1.165, 1.54) is 29.7 Å². The van der Waals surface area contributed by atoms with Crippen LogP contribution < -0.4 is 11.1 Å². The normalized spacial score (nSPS) is 14.7. The van der Waals surface area contributed by atoms with Gasteiger partial charge in [0.1, 0.15) is 5.82 Å². The molecule has 1 amide bonds. The summed E-state index contributed by atoms with van der Waals surface area (Å²) in [7, 11) is 2.09. The van der Waals surface area contributed by atoms with Gasteiger partial charge in [-0.05, 0) is 37.0 Å². The van der Waals surface area contributed by atoms with Crippen LogP contribution in [0.2, 0.25) is 0 Å². The molecule has 1 aromatic heterocycles. The number of carbonyl (C=O) groups excluding carboxylic acids is 1. The second-order valence-electron chi connectivity index (χ2n) is 5.43. The Morgan fingerprint density at radius 2 is 2.30 bits per heavy atom. The van der Waals surface area contributed by atoms with Crippen molar-refractivity contribution in [1.29, 1.82) is 0 Å². The number of benzene rings is 1. The number of carbonyl (C=O) groups is 1. The number of hydrogen-bond donors (Lipinski definition) is 2. The van der Waals surface area contributed by atoms with Gasteiger partial charge in [0, 0.05) is 19.5 Å². The minimum absolute atomic E-state index is 0.0457. The highest BCUT2D eigenvalue weighted by Crippen LogP contribution is 2.40. The first-order valence-electron chi connectivity index (χ1n) is 7.11. The predicted octanol–water partition coefficient (Wildman–Crippen LogP) is 1.07. The quantitative estimate of drug-likeness (QED) is 0.855. The summed E-state index contributed by atoms with van der Waals surface area (Å²) in [5, 5.41) is 2.78. The van der Waals surface area contributed by atoms with Crippen LogP contribution in [0.3, 0.4) is 0 Å². The lowest BCUT2D eigenvalue weighted by Crippen LogP contribution is -2.31. The fourth-order valence-corrected chi connectivity index (χ4v) is 2.54. The number of fused-ring (bicyclic) bond motifs is 1. The highest BCUT2D eigenvalue weighted by molar-refractivity contribution is 5.78. The average Bonchev–Trinajstić information content (AvgIpc) is 3.24. The fourth-order valence-electron chi connectivity index (χ4n) is 2.54. The molecule has 0 saturated heterocycles. The molecule has 0 spiro atoms. The van der Waals surface area contributed by atoms with E-state index in [4.69, 9.17) is 10.7 Å². The summed E-state index contributed by atoms with van der Waals surface area (Å²) in [4.78, 5) is 15.8. The standard InChI is InChI=1S/C15H20N4O/c1-19-13-5-2-10(6-7-17-14(20)9-16)8-12(13)18-15(19)11-3-4-11/h2,5,8,11H,3-4,6-7,9,16H2,1H3,(H,17,20). The molecule has 2 aromatic rings. The maximum absolute atomic E-state index is 11.1. The van der Waals surface area contributed by atoms with Crippen LogP contribution in [-0.2, 0) is 18.3 Å². The van der Waals surface area contributed by atoms with Gasteiger partial charge in [0.25, 0.3) is 0 Å². The van der Waals surface area contributed by atoms with Crippen molar-refractivity contribution in [3.05, 3.63) is 29.6 Å². The molecule has 1 fully saturated rings. The number of aryl methyl sites for hydroxylation is 1. The molecule has 1 aromatic carbocycles. The van der Waals surface area contributed by atoms with E-state index in [0.717, 1.165) is 11.9 Å². The van der Waals surface area contributed by atoms with Crippen LogP contribution in [-0.4, -0.2) is 28.5 Å². The average molecular weight is 272 g/mol. The predicted molar refractivity (Wildman–Crippen MR) is 78.5 cm³/mol. The number of hydrogen-bond acceptors (Lipinski definition) is 3. The molecule has 0 unspecified atom stereocenters. The number of aromatic nitrogens is 2. The Kier molecular flexibility index (Phi) is 3.44. The monoisotopic (exact) mass is 272 g/mol. The summed E-state index contributed by atoms with van der Waals surface area (Å²) >= 11 is 0. The SMILES string of the molecule is Cn1c(C2CC2)nc2cc(CCNC(=O)CN)ccc21. The van der Waals surface area contributed by atoms with Gasteiger partial charge in [0.05, 0.1) is 17.6 Å². The first-order valence-corrected chi connectivity index (χ1v) is 7.11. The zero-order chi connectivity index (χ0) is 14.1. The second kappa shape index (κ2) is 5.25. The van der Waals surface area contributed by atoms with Gasteiger partial charge in [0.2, 0.25) is 5.91 Å². The summed E-state index contributed by atoms with van der Waals surface area (Å²) in [5.74, 6) is 1.74. The van der Waals surface area contributed by atoms with Crippen LogP contribution >= 0.6 is 0 Å². The van der Waals surface area contributed by atoms with Gasteiger partial charge in [-0.25, -0.2) is 4.98 Å². The molecule has 5 nitrogen and oxygen atoms in total. The molecule has 0 bridgehead atoms. The minimum atomic E-state index is -0.111. The Hall–Kier alpha value is -1.88. The largest absolute Gasteiger partial charge is 0.355 e. The van der Waals surface area contributed by atoms with Gasteiger partial charge < -0.3 is 15.6 Å². The van der Waals surface area contributed by atoms with Crippen LogP contribution in [0.15, 0.2) is 18.2 Å². The van der Waals surface area contributed by atoms with Crippen molar-refractivity contribution in [2.24, 2.45) is 12.8 Å². The van der Waals surface area contributed by atoms with Crippen LogP contribution in [0, 0.1) is 0 Å². The molecule has 3 rings (SSSR count). The molecule has 3 N–H and O–H groups in total. The molecule has 1 saturated carbocycles. The van der Waals surface area contributed by atoms with Crippen LogP contribution in [0.1, 0.15) is 30.1 Å². The van der Waals surface area contributed by atoms with E-state index in [9.17, 15) is 4.79 Å². The Morgan fingerprint density at radius 3 is 3.00 bits per heavy atom. The lowest BCUT2D eigenvalue weighted by atomic mass is 10.1. The third kappa shape index (κ3) is 2.54. The molecule has 106 valence electrons. The Labute approximate surface area is 118 Å². The highest BCUT2D eigenvalue weighted by Gasteiger charge is 2.28. The van der Waals surface area contributed by atoms with Crippen molar-refractivity contribution in [2.75, 3.05) is 13.1 Å². The van der Waals surface area contributed by atoms with E-state index in [1.54, 1.807) is 0 Å². The van der Waals surface area contributed by atoms with Gasteiger partial charge in [-0.3, -0.25) is 4.79 Å². The maximum atomic E-state index is 11.1. The van der Waals surface area contributed by atoms with E-state index in [1.807, 2.05) is 0 Å². The smallest absolute Gasteiger partial charge is 0.233 e. The van der Waals surface area contributed by atoms with Crippen molar-refractivity contribution >= 4 is 16.9 Å². The molecule has 1 aliphatic carbocycles. The summed E-state index contributed by atoms with van der Waals surface area (Å²) < 4.78 is 2.20. The van der Waals surface area contributed by atoms with Crippen LogP contribution in [0.25, 0.3) is 11.0 Å². The Balaban J connectivity index is 1.75. The zero-order valence-electron chi connectivity index (χ0n) is 11.7.